The third-order valence-electron chi connectivity index (χ3n) is 8.48. The van der Waals surface area contributed by atoms with Crippen LogP contribution in [0.5, 0.6) is 0 Å². The lowest BCUT2D eigenvalue weighted by atomic mass is 9.79. The highest BCUT2D eigenvalue weighted by Crippen LogP contribution is 2.40. The van der Waals surface area contributed by atoms with Crippen LogP contribution in [0.4, 0.5) is 10.5 Å². The van der Waals surface area contributed by atoms with Crippen molar-refractivity contribution >= 4 is 41.2 Å². The highest BCUT2D eigenvalue weighted by atomic mass is 16.5. The number of esters is 1. The number of benzene rings is 1. The average molecular weight is 631 g/mol. The number of amides is 5. The van der Waals surface area contributed by atoms with Crippen molar-refractivity contribution in [3.63, 3.8) is 0 Å². The molecule has 3 rings (SSSR count). The number of aliphatic hydroxyl groups excluding tert-OH is 1. The monoisotopic (exact) mass is 630 g/mol. The van der Waals surface area contributed by atoms with E-state index in [1.165, 1.54) is 7.11 Å². The number of piperidine rings is 1. The molecule has 1 aromatic carbocycles. The van der Waals surface area contributed by atoms with Crippen LogP contribution < -0.4 is 32.3 Å². The maximum Gasteiger partial charge on any atom is 0.312 e. The Morgan fingerprint density at radius 2 is 1.80 bits per heavy atom. The van der Waals surface area contributed by atoms with E-state index in [1.54, 1.807) is 38.1 Å². The maximum atomic E-state index is 13.4. The van der Waals surface area contributed by atoms with Gasteiger partial charge in [-0.1, -0.05) is 26.0 Å². The normalized spacial score (nSPS) is 21.7. The van der Waals surface area contributed by atoms with Gasteiger partial charge in [0.25, 0.3) is 0 Å². The van der Waals surface area contributed by atoms with Gasteiger partial charge in [-0.15, -0.1) is 0 Å². The summed E-state index contributed by atoms with van der Waals surface area (Å²) in [5.41, 5.74) is 5.56. The van der Waals surface area contributed by atoms with Crippen molar-refractivity contribution < 1.29 is 38.6 Å². The fourth-order valence-corrected chi connectivity index (χ4v) is 6.05. The zero-order chi connectivity index (χ0) is 33.1. The van der Waals surface area contributed by atoms with Gasteiger partial charge in [-0.25, -0.2) is 4.79 Å². The number of nitrogens with one attached hydrogen (secondary N) is 5. The molecule has 0 spiro atoms. The lowest BCUT2D eigenvalue weighted by Gasteiger charge is -2.37. The minimum Gasteiger partial charge on any atom is -0.469 e. The van der Waals surface area contributed by atoms with Crippen molar-refractivity contribution in [3.05, 3.63) is 29.8 Å². The lowest BCUT2D eigenvalue weighted by Crippen LogP contribution is -2.56. The van der Waals surface area contributed by atoms with Crippen molar-refractivity contribution in [1.82, 2.24) is 21.3 Å². The standard InChI is InChI=1S/C31H46N6O8/c1-18(2)26(36-27(41)23(5-4-14-33-30(32)44)34-21-8-6-19(17-38)7-9-21)28(42)35-25(40)11-10-24(39)31-13-12-22(37-31)15-20(16-31)29(43)45-3/h6-9,18,20,22-23,26,34,37-38H,4-5,10-17H2,1-3H3,(H,36,41)(H3,32,33,44)(H,35,40,42)/t20?,22?,23-,26-,31?/m0/s1. The van der Waals surface area contributed by atoms with Gasteiger partial charge in [-0.3, -0.25) is 29.3 Å². The third kappa shape index (κ3) is 9.98. The summed E-state index contributed by atoms with van der Waals surface area (Å²) in [7, 11) is 1.33. The van der Waals surface area contributed by atoms with Crippen molar-refractivity contribution in [3.8, 4) is 0 Å². The molecule has 5 amide bonds. The van der Waals surface area contributed by atoms with Gasteiger partial charge in [0.1, 0.15) is 12.1 Å². The van der Waals surface area contributed by atoms with Gasteiger partial charge in [-0.05, 0) is 62.1 Å². The highest BCUT2D eigenvalue weighted by molar-refractivity contribution is 6.01. The molecular weight excluding hydrogens is 584 g/mol. The molecule has 2 heterocycles. The zero-order valence-electron chi connectivity index (χ0n) is 26.1. The molecule has 8 N–H and O–H groups in total. The predicted octanol–water partition coefficient (Wildman–Crippen LogP) is 0.615. The number of anilines is 1. The number of hydrogen-bond acceptors (Lipinski definition) is 10. The molecule has 5 atom stereocenters. The van der Waals surface area contributed by atoms with Crippen LogP contribution >= 0.6 is 0 Å². The molecule has 45 heavy (non-hydrogen) atoms. The van der Waals surface area contributed by atoms with Crippen LogP contribution in [0.15, 0.2) is 24.3 Å². The van der Waals surface area contributed by atoms with E-state index in [9.17, 15) is 33.9 Å². The number of ether oxygens (including phenoxy) is 1. The zero-order valence-corrected chi connectivity index (χ0v) is 26.1. The molecule has 14 nitrogen and oxygen atoms in total. The first-order valence-corrected chi connectivity index (χ1v) is 15.4. The number of Topliss-reactive ketones (excluding diaryl/α,β-unsaturated/α-hetero) is 1. The molecule has 2 fully saturated rings. The molecule has 2 aliphatic heterocycles. The number of ketones is 1. The highest BCUT2D eigenvalue weighted by Gasteiger charge is 2.51. The van der Waals surface area contributed by atoms with Crippen molar-refractivity contribution in [2.24, 2.45) is 17.6 Å². The second-order valence-electron chi connectivity index (χ2n) is 12.2. The Morgan fingerprint density at radius 1 is 1.09 bits per heavy atom. The van der Waals surface area contributed by atoms with E-state index in [4.69, 9.17) is 10.5 Å². The summed E-state index contributed by atoms with van der Waals surface area (Å²) < 4.78 is 4.89. The molecule has 0 aliphatic carbocycles. The van der Waals surface area contributed by atoms with Crippen LogP contribution in [0.3, 0.4) is 0 Å². The number of imide groups is 1. The fraction of sp³-hybridized carbons (Fsp3) is 0.613. The molecule has 1 aromatic rings. The molecular formula is C31H46N6O8. The number of rotatable bonds is 16. The van der Waals surface area contributed by atoms with Crippen LogP contribution in [0.25, 0.3) is 0 Å². The maximum absolute atomic E-state index is 13.4. The summed E-state index contributed by atoms with van der Waals surface area (Å²) in [6.07, 6.45) is 2.62. The Kier molecular flexibility index (Phi) is 12.9. The van der Waals surface area contributed by atoms with Crippen molar-refractivity contribution in [2.75, 3.05) is 19.0 Å². The molecule has 3 unspecified atom stereocenters. The molecule has 248 valence electrons. The minimum atomic E-state index is -1.04. The van der Waals surface area contributed by atoms with Gasteiger partial charge >= 0.3 is 12.0 Å². The second kappa shape index (κ2) is 16.3. The van der Waals surface area contributed by atoms with Gasteiger partial charge in [-0.2, -0.15) is 0 Å². The van der Waals surface area contributed by atoms with E-state index in [1.807, 2.05) is 0 Å². The van der Waals surface area contributed by atoms with E-state index >= 15 is 0 Å². The number of primary amides is 1. The molecule has 2 bridgehead atoms. The number of methoxy groups -OCH3 is 1. The molecule has 0 radical (unpaired) electrons. The Labute approximate surface area is 263 Å². The van der Waals surface area contributed by atoms with Gasteiger partial charge in [0.2, 0.25) is 17.7 Å². The summed E-state index contributed by atoms with van der Waals surface area (Å²) >= 11 is 0. The number of aliphatic hydroxyl groups is 1. The van der Waals surface area contributed by atoms with Gasteiger partial charge in [0.15, 0.2) is 5.78 Å². The quantitative estimate of drug-likeness (QED) is 0.0997. The number of carbonyl (C=O) groups is 6. The van der Waals surface area contributed by atoms with Gasteiger partial charge < -0.3 is 36.8 Å². The van der Waals surface area contributed by atoms with Gasteiger partial charge in [0.05, 0.1) is 25.2 Å². The molecule has 0 aromatic heterocycles. The number of fused-ring (bicyclic) bond motifs is 2. The first-order chi connectivity index (χ1) is 21.4. The van der Waals surface area contributed by atoms with E-state index in [0.717, 1.165) is 6.42 Å². The summed E-state index contributed by atoms with van der Waals surface area (Å²) in [6.45, 7) is 3.57. The minimum absolute atomic E-state index is 0.0373. The van der Waals surface area contributed by atoms with E-state index in [2.05, 4.69) is 26.6 Å². The summed E-state index contributed by atoms with van der Waals surface area (Å²) in [4.78, 5) is 75.7. The van der Waals surface area contributed by atoms with Crippen LogP contribution in [-0.4, -0.2) is 77.9 Å². The predicted molar refractivity (Wildman–Crippen MR) is 164 cm³/mol. The largest absolute Gasteiger partial charge is 0.469 e. The summed E-state index contributed by atoms with van der Waals surface area (Å²) in [5, 5.41) is 23.3. The van der Waals surface area contributed by atoms with E-state index in [-0.39, 0.29) is 62.0 Å². The molecule has 2 saturated heterocycles. The Hall–Kier alpha value is -4.04. The first-order valence-electron chi connectivity index (χ1n) is 15.4. The number of carbonyl (C=O) groups excluding carboxylic acids is 6. The van der Waals surface area contributed by atoms with E-state index in [0.29, 0.717) is 36.9 Å². The fourth-order valence-electron chi connectivity index (χ4n) is 6.05. The first kappa shape index (κ1) is 35.4. The summed E-state index contributed by atoms with van der Waals surface area (Å²) in [5.74, 6) is -3.10. The third-order valence-corrected chi connectivity index (χ3v) is 8.48. The van der Waals surface area contributed by atoms with Crippen LogP contribution in [0.2, 0.25) is 0 Å². The van der Waals surface area contributed by atoms with Gasteiger partial charge in [0, 0.05) is 31.1 Å². The molecule has 0 saturated carbocycles. The molecule has 2 aliphatic rings. The number of nitrogens with two attached hydrogens (primary N) is 1. The Morgan fingerprint density at radius 3 is 2.42 bits per heavy atom. The number of urea groups is 1. The Balaban J connectivity index is 1.58. The number of hydrogen-bond donors (Lipinski definition) is 7. The lowest BCUT2D eigenvalue weighted by molar-refractivity contribution is -0.148. The van der Waals surface area contributed by atoms with Crippen LogP contribution in [0.1, 0.15) is 70.8 Å². The smallest absolute Gasteiger partial charge is 0.312 e. The van der Waals surface area contributed by atoms with Crippen molar-refractivity contribution in [2.45, 2.75) is 95.5 Å². The average Bonchev–Trinajstić information content (AvgIpc) is 3.33. The SMILES string of the molecule is COC(=O)C1CC2CCC(C(=O)CCC(=O)NC(=O)[C@@H](NC(=O)[C@H](CCCNC(N)=O)Nc3ccc(CO)cc3)C(C)C)(C1)N2. The van der Waals surface area contributed by atoms with Crippen molar-refractivity contribution in [1.29, 1.82) is 0 Å². The topological polar surface area (TPSA) is 218 Å². The summed E-state index contributed by atoms with van der Waals surface area (Å²) in [6, 6.07) is 4.35. The Bertz CT molecular complexity index is 1240. The second-order valence-corrected chi connectivity index (χ2v) is 12.2. The van der Waals surface area contributed by atoms with Crippen LogP contribution in [-0.2, 0) is 35.3 Å². The molecule has 14 heteroatoms. The van der Waals surface area contributed by atoms with E-state index < -0.39 is 41.4 Å². The van der Waals surface area contributed by atoms with Crippen LogP contribution in [0, 0.1) is 11.8 Å².